The van der Waals surface area contributed by atoms with Gasteiger partial charge in [-0.3, -0.25) is 4.79 Å². The zero-order valence-corrected chi connectivity index (χ0v) is 16.6. The van der Waals surface area contributed by atoms with E-state index in [1.807, 2.05) is 18.2 Å². The van der Waals surface area contributed by atoms with Gasteiger partial charge in [-0.2, -0.15) is 0 Å². The molecule has 1 unspecified atom stereocenters. The Morgan fingerprint density at radius 1 is 1.42 bits per heavy atom. The molecule has 1 aromatic rings. The van der Waals surface area contributed by atoms with Crippen molar-refractivity contribution in [3.63, 3.8) is 0 Å². The number of carbonyl (C=O) groups excluding carboxylic acids is 1. The third-order valence-electron chi connectivity index (χ3n) is 2.49. The first-order chi connectivity index (χ1) is 8.69. The van der Waals surface area contributed by atoms with Gasteiger partial charge >= 0.3 is 0 Å². The van der Waals surface area contributed by atoms with Crippen molar-refractivity contribution in [2.45, 2.75) is 32.0 Å². The molecule has 1 N–H and O–H groups in total. The molecule has 0 saturated carbocycles. The van der Waals surface area contributed by atoms with E-state index in [1.54, 1.807) is 0 Å². The summed E-state index contributed by atoms with van der Waals surface area (Å²) in [7, 11) is 0. The van der Waals surface area contributed by atoms with E-state index >= 15 is 0 Å². The van der Waals surface area contributed by atoms with Crippen LogP contribution in [0.25, 0.3) is 0 Å². The van der Waals surface area contributed by atoms with Gasteiger partial charge in [0.05, 0.1) is 5.56 Å². The molecule has 0 saturated heterocycles. The van der Waals surface area contributed by atoms with E-state index in [2.05, 4.69) is 80.5 Å². The highest BCUT2D eigenvalue weighted by molar-refractivity contribution is 14.1. The standard InChI is InChI=1S/C14H18Br2INO/c1-14(2,3)7-9(15)8-18-13(19)11-6-10(17)4-5-12(11)16/h4-6,9H,7-8H2,1-3H3,(H,18,19). The summed E-state index contributed by atoms with van der Waals surface area (Å²) in [6.07, 6.45) is 1.01. The van der Waals surface area contributed by atoms with E-state index < -0.39 is 0 Å². The lowest BCUT2D eigenvalue weighted by atomic mass is 9.90. The summed E-state index contributed by atoms with van der Waals surface area (Å²) in [5.41, 5.74) is 0.934. The maximum Gasteiger partial charge on any atom is 0.252 e. The molecule has 0 spiro atoms. The average molecular weight is 503 g/mol. The summed E-state index contributed by atoms with van der Waals surface area (Å²) >= 11 is 9.24. The largest absolute Gasteiger partial charge is 0.351 e. The van der Waals surface area contributed by atoms with Gasteiger partial charge in [0.1, 0.15) is 0 Å². The highest BCUT2D eigenvalue weighted by Crippen LogP contribution is 2.24. The van der Waals surface area contributed by atoms with Gasteiger partial charge in [-0.1, -0.05) is 36.7 Å². The van der Waals surface area contributed by atoms with Crippen molar-refractivity contribution in [3.8, 4) is 0 Å². The third kappa shape index (κ3) is 6.58. The Bertz CT molecular complexity index is 457. The Kier molecular flexibility index (Phi) is 6.79. The quantitative estimate of drug-likeness (QED) is 0.456. The fourth-order valence-corrected chi connectivity index (χ4v) is 3.76. The number of benzene rings is 1. The normalized spacial score (nSPS) is 13.2. The summed E-state index contributed by atoms with van der Waals surface area (Å²) in [6.45, 7) is 7.21. The summed E-state index contributed by atoms with van der Waals surface area (Å²) in [5.74, 6) is -0.0382. The van der Waals surface area contributed by atoms with E-state index in [1.165, 1.54) is 0 Å². The van der Waals surface area contributed by atoms with Gasteiger partial charge in [0, 0.05) is 19.4 Å². The molecule has 1 aromatic carbocycles. The molecule has 0 bridgehead atoms. The Morgan fingerprint density at radius 2 is 2.05 bits per heavy atom. The monoisotopic (exact) mass is 501 g/mol. The molecule has 106 valence electrons. The summed E-state index contributed by atoms with van der Waals surface area (Å²) in [6, 6.07) is 5.75. The van der Waals surface area contributed by atoms with Crippen LogP contribution in [0.1, 0.15) is 37.6 Å². The van der Waals surface area contributed by atoms with Crippen molar-refractivity contribution in [2.75, 3.05) is 6.54 Å². The number of alkyl halides is 1. The van der Waals surface area contributed by atoms with Gasteiger partial charge in [-0.05, 0) is 68.6 Å². The lowest BCUT2D eigenvalue weighted by Gasteiger charge is -2.22. The minimum Gasteiger partial charge on any atom is -0.351 e. The van der Waals surface area contributed by atoms with Gasteiger partial charge in [-0.15, -0.1) is 0 Å². The lowest BCUT2D eigenvalue weighted by Crippen LogP contribution is -2.31. The van der Waals surface area contributed by atoms with Gasteiger partial charge < -0.3 is 5.32 Å². The molecular weight excluding hydrogens is 485 g/mol. The second-order valence-corrected chi connectivity index (χ2v) is 9.09. The number of hydrogen-bond acceptors (Lipinski definition) is 1. The molecular formula is C14H18Br2INO. The van der Waals surface area contributed by atoms with Crippen LogP contribution in [0.2, 0.25) is 0 Å². The molecule has 1 amide bonds. The zero-order chi connectivity index (χ0) is 14.6. The van der Waals surface area contributed by atoms with E-state index in [0.29, 0.717) is 12.1 Å². The fraction of sp³-hybridized carbons (Fsp3) is 0.500. The highest BCUT2D eigenvalue weighted by Gasteiger charge is 2.18. The second-order valence-electron chi connectivity index (χ2n) is 5.70. The summed E-state index contributed by atoms with van der Waals surface area (Å²) < 4.78 is 1.88. The number of carbonyl (C=O) groups is 1. The number of nitrogens with one attached hydrogen (secondary N) is 1. The first-order valence-corrected chi connectivity index (χ1v) is 8.85. The minimum absolute atomic E-state index is 0.0382. The lowest BCUT2D eigenvalue weighted by molar-refractivity contribution is 0.0951. The minimum atomic E-state index is -0.0382. The average Bonchev–Trinajstić information content (AvgIpc) is 2.27. The smallest absolute Gasteiger partial charge is 0.252 e. The molecule has 1 atom stereocenters. The topological polar surface area (TPSA) is 29.1 Å². The van der Waals surface area contributed by atoms with Crippen molar-refractivity contribution >= 4 is 60.4 Å². The Hall–Kier alpha value is 0.380. The van der Waals surface area contributed by atoms with Crippen LogP contribution in [-0.2, 0) is 0 Å². The zero-order valence-electron chi connectivity index (χ0n) is 11.3. The van der Waals surface area contributed by atoms with E-state index in [-0.39, 0.29) is 16.1 Å². The predicted molar refractivity (Wildman–Crippen MR) is 96.0 cm³/mol. The van der Waals surface area contributed by atoms with Crippen molar-refractivity contribution in [2.24, 2.45) is 5.41 Å². The molecule has 0 aliphatic rings. The maximum atomic E-state index is 12.1. The molecule has 19 heavy (non-hydrogen) atoms. The molecule has 2 nitrogen and oxygen atoms in total. The van der Waals surface area contributed by atoms with Crippen LogP contribution < -0.4 is 5.32 Å². The van der Waals surface area contributed by atoms with Crippen LogP contribution in [0.3, 0.4) is 0 Å². The van der Waals surface area contributed by atoms with Crippen LogP contribution in [0, 0.1) is 8.99 Å². The first kappa shape index (κ1) is 17.4. The SMILES string of the molecule is CC(C)(C)CC(Br)CNC(=O)c1cc(I)ccc1Br. The van der Waals surface area contributed by atoms with Crippen molar-refractivity contribution in [1.29, 1.82) is 0 Å². The summed E-state index contributed by atoms with van der Waals surface area (Å²) in [5, 5.41) is 2.97. The molecule has 1 rings (SSSR count). The van der Waals surface area contributed by atoms with E-state index in [4.69, 9.17) is 0 Å². The van der Waals surface area contributed by atoms with E-state index in [9.17, 15) is 4.79 Å². The first-order valence-electron chi connectivity index (χ1n) is 6.06. The summed E-state index contributed by atoms with van der Waals surface area (Å²) in [4.78, 5) is 12.4. The molecule has 5 heteroatoms. The van der Waals surface area contributed by atoms with E-state index in [0.717, 1.165) is 14.5 Å². The van der Waals surface area contributed by atoms with Gasteiger partial charge in [-0.25, -0.2) is 0 Å². The predicted octanol–water partition coefficient (Wildman–Crippen LogP) is 4.98. The maximum absolute atomic E-state index is 12.1. The van der Waals surface area contributed by atoms with Crippen molar-refractivity contribution in [1.82, 2.24) is 5.32 Å². The number of halogens is 3. The van der Waals surface area contributed by atoms with Crippen LogP contribution in [-0.4, -0.2) is 17.3 Å². The van der Waals surface area contributed by atoms with Crippen LogP contribution in [0.4, 0.5) is 0 Å². The molecule has 0 radical (unpaired) electrons. The van der Waals surface area contributed by atoms with Crippen LogP contribution >= 0.6 is 54.5 Å². The molecule has 0 aliphatic carbocycles. The van der Waals surface area contributed by atoms with Crippen molar-refractivity contribution in [3.05, 3.63) is 31.8 Å². The highest BCUT2D eigenvalue weighted by atomic mass is 127. The number of rotatable bonds is 4. The Morgan fingerprint density at radius 3 is 2.63 bits per heavy atom. The third-order valence-corrected chi connectivity index (χ3v) is 4.50. The Labute approximate surface area is 145 Å². The van der Waals surface area contributed by atoms with Gasteiger partial charge in [0.15, 0.2) is 0 Å². The molecule has 0 heterocycles. The van der Waals surface area contributed by atoms with Gasteiger partial charge in [0.2, 0.25) is 0 Å². The number of amides is 1. The van der Waals surface area contributed by atoms with Crippen LogP contribution in [0.5, 0.6) is 0 Å². The molecule has 0 fully saturated rings. The molecule has 0 aromatic heterocycles. The Balaban J connectivity index is 2.58. The second kappa shape index (κ2) is 7.41. The van der Waals surface area contributed by atoms with Crippen LogP contribution in [0.15, 0.2) is 22.7 Å². The number of hydrogen-bond donors (Lipinski definition) is 1. The fourth-order valence-electron chi connectivity index (χ4n) is 1.71. The van der Waals surface area contributed by atoms with Gasteiger partial charge in [0.25, 0.3) is 5.91 Å². The molecule has 0 aliphatic heterocycles. The van der Waals surface area contributed by atoms with Crippen molar-refractivity contribution < 1.29 is 4.79 Å².